The van der Waals surface area contributed by atoms with E-state index < -0.39 is 29.3 Å². The number of alkyl halides is 3. The highest BCUT2D eigenvalue weighted by molar-refractivity contribution is 5.85. The lowest BCUT2D eigenvalue weighted by Crippen LogP contribution is -2.56. The Balaban J connectivity index is 1.16. The highest BCUT2D eigenvalue weighted by Gasteiger charge is 2.40. The average molecular weight is 683 g/mol. The molecule has 1 atom stereocenters. The molecule has 49 heavy (non-hydrogen) atoms. The Kier molecular flexibility index (Phi) is 9.50. The lowest BCUT2D eigenvalue weighted by molar-refractivity contribution is -0.147. The monoisotopic (exact) mass is 682 g/mol. The van der Waals surface area contributed by atoms with Crippen molar-refractivity contribution >= 4 is 23.6 Å². The van der Waals surface area contributed by atoms with Gasteiger partial charge in [-0.25, -0.2) is 4.79 Å². The topological polar surface area (TPSA) is 122 Å². The molecule has 3 amide bonds. The molecular formula is C35H41F3N6O5. The normalized spacial score (nSPS) is 18.7. The van der Waals surface area contributed by atoms with Gasteiger partial charge in [0, 0.05) is 75.4 Å². The molecule has 11 nitrogen and oxygen atoms in total. The van der Waals surface area contributed by atoms with Crippen LogP contribution in [0.25, 0.3) is 11.1 Å². The molecule has 2 N–H and O–H groups in total. The van der Waals surface area contributed by atoms with Crippen molar-refractivity contribution in [2.75, 3.05) is 44.2 Å². The van der Waals surface area contributed by atoms with Crippen molar-refractivity contribution in [3.05, 3.63) is 66.0 Å². The quantitative estimate of drug-likeness (QED) is 0.307. The summed E-state index contributed by atoms with van der Waals surface area (Å²) in [5, 5.41) is 16.0. The molecule has 3 heterocycles. The van der Waals surface area contributed by atoms with Crippen LogP contribution in [0, 0.1) is 5.92 Å². The third-order valence-corrected chi connectivity index (χ3v) is 9.49. The molecule has 3 fully saturated rings. The van der Waals surface area contributed by atoms with Crippen molar-refractivity contribution in [1.29, 1.82) is 0 Å². The standard InChI is InChI=1S/C35H41F3N6O5/c1-34(2,32(46)41-12-14-42(15-13-41)33(47)48)49-30-17-27(35(36,37)38)16-29(18-30)43-11-3-4-25(22-43)31(45)44(28-9-10-28)21-23-5-7-24(8-6-23)26-19-39-40-20-26/h5-8,16-20,25,28H,3-4,9-15,21-22H2,1-2H3,(H,39,40)(H,47,48). The van der Waals surface area contributed by atoms with Gasteiger partial charge in [0.05, 0.1) is 17.7 Å². The Morgan fingerprint density at radius 3 is 2.27 bits per heavy atom. The number of aromatic nitrogens is 2. The number of piperazine rings is 1. The van der Waals surface area contributed by atoms with Crippen LogP contribution in [0.3, 0.4) is 0 Å². The molecule has 1 unspecified atom stereocenters. The highest BCUT2D eigenvalue weighted by Crippen LogP contribution is 2.38. The highest BCUT2D eigenvalue weighted by atomic mass is 19.4. The Labute approximate surface area is 282 Å². The number of benzene rings is 2. The van der Waals surface area contributed by atoms with Crippen LogP contribution < -0.4 is 9.64 Å². The molecule has 14 heteroatoms. The van der Waals surface area contributed by atoms with Gasteiger partial charge in [0.25, 0.3) is 5.91 Å². The average Bonchev–Trinajstić information content (AvgIpc) is 3.78. The fourth-order valence-corrected chi connectivity index (χ4v) is 6.64. The molecule has 2 aromatic carbocycles. The maximum atomic E-state index is 14.2. The third-order valence-electron chi connectivity index (χ3n) is 9.49. The molecular weight excluding hydrogens is 641 g/mol. The van der Waals surface area contributed by atoms with Crippen LogP contribution in [0.4, 0.5) is 23.7 Å². The van der Waals surface area contributed by atoms with E-state index >= 15 is 0 Å². The summed E-state index contributed by atoms with van der Waals surface area (Å²) in [5.41, 5.74) is 0.827. The van der Waals surface area contributed by atoms with Crippen LogP contribution in [-0.4, -0.2) is 98.8 Å². The molecule has 2 aliphatic heterocycles. The fourth-order valence-electron chi connectivity index (χ4n) is 6.64. The number of H-pyrrole nitrogens is 1. The molecule has 1 aromatic heterocycles. The van der Waals surface area contributed by atoms with Gasteiger partial charge in [-0.15, -0.1) is 0 Å². The van der Waals surface area contributed by atoms with E-state index in [2.05, 4.69) is 10.2 Å². The predicted octanol–water partition coefficient (Wildman–Crippen LogP) is 5.48. The minimum atomic E-state index is -4.67. The van der Waals surface area contributed by atoms with Gasteiger partial charge in [-0.2, -0.15) is 18.3 Å². The van der Waals surface area contributed by atoms with Crippen molar-refractivity contribution in [3.63, 3.8) is 0 Å². The van der Waals surface area contributed by atoms with Crippen LogP contribution in [0.2, 0.25) is 0 Å². The van der Waals surface area contributed by atoms with E-state index in [1.165, 1.54) is 29.7 Å². The maximum absolute atomic E-state index is 14.2. The summed E-state index contributed by atoms with van der Waals surface area (Å²) in [4.78, 5) is 45.0. The maximum Gasteiger partial charge on any atom is 0.416 e. The summed E-state index contributed by atoms with van der Waals surface area (Å²) < 4.78 is 48.4. The van der Waals surface area contributed by atoms with E-state index in [1.807, 2.05) is 35.4 Å². The fraction of sp³-hybridized carbons (Fsp3) is 0.486. The number of hydrogen-bond acceptors (Lipinski definition) is 6. The minimum Gasteiger partial charge on any atom is -0.478 e. The second-order valence-corrected chi connectivity index (χ2v) is 13.6. The van der Waals surface area contributed by atoms with E-state index in [9.17, 15) is 32.7 Å². The molecule has 6 rings (SSSR count). The summed E-state index contributed by atoms with van der Waals surface area (Å²) in [7, 11) is 0. The summed E-state index contributed by atoms with van der Waals surface area (Å²) in [6.07, 6.45) is 0.938. The van der Waals surface area contributed by atoms with E-state index in [0.717, 1.165) is 41.7 Å². The summed E-state index contributed by atoms with van der Waals surface area (Å²) >= 11 is 0. The number of carbonyl (C=O) groups is 3. The zero-order chi connectivity index (χ0) is 34.9. The number of nitrogens with zero attached hydrogens (tertiary/aromatic N) is 5. The number of carbonyl (C=O) groups excluding carboxylic acids is 2. The summed E-state index contributed by atoms with van der Waals surface area (Å²) in [6.45, 7) is 4.76. The van der Waals surface area contributed by atoms with Gasteiger partial charge >= 0.3 is 12.3 Å². The second-order valence-electron chi connectivity index (χ2n) is 13.6. The van der Waals surface area contributed by atoms with Gasteiger partial charge < -0.3 is 29.4 Å². The largest absolute Gasteiger partial charge is 0.478 e. The van der Waals surface area contributed by atoms with Crippen molar-refractivity contribution in [1.82, 2.24) is 24.9 Å². The Morgan fingerprint density at radius 2 is 1.65 bits per heavy atom. The van der Waals surface area contributed by atoms with Gasteiger partial charge in [-0.05, 0) is 62.8 Å². The Morgan fingerprint density at radius 1 is 0.959 bits per heavy atom. The Hall–Kier alpha value is -4.75. The lowest BCUT2D eigenvalue weighted by Gasteiger charge is -2.38. The van der Waals surface area contributed by atoms with Crippen molar-refractivity contribution in [3.8, 4) is 16.9 Å². The summed E-state index contributed by atoms with van der Waals surface area (Å²) in [6, 6.07) is 11.6. The molecule has 3 aromatic rings. The number of piperidine rings is 1. The molecule has 1 aliphatic carbocycles. The molecule has 0 bridgehead atoms. The first kappa shape index (κ1) is 34.1. The van der Waals surface area contributed by atoms with Gasteiger partial charge in [-0.3, -0.25) is 14.7 Å². The lowest BCUT2D eigenvalue weighted by atomic mass is 9.95. The van der Waals surface area contributed by atoms with E-state index in [-0.39, 0.29) is 62.0 Å². The first-order valence-corrected chi connectivity index (χ1v) is 16.6. The molecule has 0 radical (unpaired) electrons. The number of ether oxygens (including phenoxy) is 1. The third kappa shape index (κ3) is 7.94. The number of hydrogen-bond donors (Lipinski definition) is 2. The molecule has 262 valence electrons. The number of anilines is 1. The molecule has 3 aliphatic rings. The number of amides is 3. The second kappa shape index (κ2) is 13.6. The number of nitrogens with one attached hydrogen (secondary N) is 1. The van der Waals surface area contributed by atoms with Crippen LogP contribution in [0.5, 0.6) is 5.75 Å². The predicted molar refractivity (Wildman–Crippen MR) is 175 cm³/mol. The molecule has 0 spiro atoms. The SMILES string of the molecule is CC(C)(Oc1cc(N2CCCC(C(=O)N(Cc3ccc(-c4cn[nH]c4)cc3)C3CC3)C2)cc(C(F)(F)F)c1)C(=O)N1CCN(C(=O)O)CC1. The first-order valence-electron chi connectivity index (χ1n) is 16.6. The molecule has 1 saturated carbocycles. The first-order chi connectivity index (χ1) is 23.3. The van der Waals surface area contributed by atoms with Crippen LogP contribution >= 0.6 is 0 Å². The minimum absolute atomic E-state index is 0.00397. The van der Waals surface area contributed by atoms with Crippen LogP contribution in [0.1, 0.15) is 50.7 Å². The van der Waals surface area contributed by atoms with E-state index in [1.54, 1.807) is 11.1 Å². The van der Waals surface area contributed by atoms with Crippen molar-refractivity contribution < 1.29 is 37.4 Å². The smallest absolute Gasteiger partial charge is 0.416 e. The van der Waals surface area contributed by atoms with Crippen LogP contribution in [-0.2, 0) is 22.3 Å². The van der Waals surface area contributed by atoms with E-state index in [4.69, 9.17) is 4.74 Å². The number of rotatable bonds is 9. The van der Waals surface area contributed by atoms with E-state index in [0.29, 0.717) is 25.9 Å². The zero-order valence-corrected chi connectivity index (χ0v) is 27.6. The van der Waals surface area contributed by atoms with Crippen molar-refractivity contribution in [2.24, 2.45) is 5.92 Å². The zero-order valence-electron chi connectivity index (χ0n) is 27.6. The van der Waals surface area contributed by atoms with Gasteiger partial charge in [0.1, 0.15) is 5.75 Å². The van der Waals surface area contributed by atoms with Gasteiger partial charge in [0.15, 0.2) is 5.60 Å². The molecule has 2 saturated heterocycles. The number of aromatic amines is 1. The Bertz CT molecular complexity index is 1650. The van der Waals surface area contributed by atoms with Gasteiger partial charge in [-0.1, -0.05) is 24.3 Å². The number of carboxylic acid groups (broad SMARTS) is 1. The summed E-state index contributed by atoms with van der Waals surface area (Å²) in [5.74, 6) is -0.944. The van der Waals surface area contributed by atoms with Gasteiger partial charge in [0.2, 0.25) is 5.91 Å². The van der Waals surface area contributed by atoms with Crippen LogP contribution in [0.15, 0.2) is 54.9 Å². The van der Waals surface area contributed by atoms with Crippen molar-refractivity contribution in [2.45, 2.75) is 63.9 Å². The number of halogens is 3.